The van der Waals surface area contributed by atoms with Crippen molar-refractivity contribution in [1.29, 1.82) is 0 Å². The van der Waals surface area contributed by atoms with E-state index in [0.717, 1.165) is 35.5 Å². The minimum Gasteiger partial charge on any atom is -0.0625 e. The second-order valence-corrected chi connectivity index (χ2v) is 5.95. The third-order valence-corrected chi connectivity index (χ3v) is 4.95. The van der Waals surface area contributed by atoms with Crippen LogP contribution in [0.3, 0.4) is 0 Å². The highest BCUT2D eigenvalue weighted by molar-refractivity contribution is 4.93. The van der Waals surface area contributed by atoms with E-state index < -0.39 is 0 Å². The number of fused-ring (bicyclic) bond motifs is 1. The van der Waals surface area contributed by atoms with Crippen molar-refractivity contribution in [2.45, 2.75) is 47.0 Å². The second kappa shape index (κ2) is 3.29. The molecule has 0 amide bonds. The minimum atomic E-state index is 0.989. The van der Waals surface area contributed by atoms with E-state index in [0.29, 0.717) is 0 Å². The van der Waals surface area contributed by atoms with E-state index in [2.05, 4.69) is 27.7 Å². The number of hydrogen-bond acceptors (Lipinski definition) is 0. The van der Waals surface area contributed by atoms with Crippen LogP contribution >= 0.6 is 0 Å². The van der Waals surface area contributed by atoms with Crippen molar-refractivity contribution in [3.8, 4) is 0 Å². The SMILES string of the molecule is CC1CC(C)C2CC(C)C(C)C2C1. The van der Waals surface area contributed by atoms with Gasteiger partial charge in [0.15, 0.2) is 0 Å². The van der Waals surface area contributed by atoms with E-state index in [9.17, 15) is 0 Å². The summed E-state index contributed by atoms with van der Waals surface area (Å²) in [7, 11) is 0. The van der Waals surface area contributed by atoms with Gasteiger partial charge in [0.2, 0.25) is 0 Å². The summed E-state index contributed by atoms with van der Waals surface area (Å²) in [6.45, 7) is 9.88. The first-order valence-corrected chi connectivity index (χ1v) is 6.09. The second-order valence-electron chi connectivity index (χ2n) is 5.95. The Morgan fingerprint density at radius 1 is 0.692 bits per heavy atom. The Kier molecular flexibility index (Phi) is 2.42. The average molecular weight is 180 g/mol. The highest BCUT2D eigenvalue weighted by Gasteiger charge is 2.43. The summed E-state index contributed by atoms with van der Waals surface area (Å²) in [6.07, 6.45) is 4.51. The summed E-state index contributed by atoms with van der Waals surface area (Å²) < 4.78 is 0. The van der Waals surface area contributed by atoms with E-state index in [1.165, 1.54) is 19.3 Å². The van der Waals surface area contributed by atoms with Crippen LogP contribution in [0.25, 0.3) is 0 Å². The molecule has 6 atom stereocenters. The molecule has 0 bridgehead atoms. The number of rotatable bonds is 0. The molecule has 0 spiro atoms. The zero-order chi connectivity index (χ0) is 9.59. The van der Waals surface area contributed by atoms with Crippen LogP contribution in [0.4, 0.5) is 0 Å². The molecule has 2 rings (SSSR count). The Labute approximate surface area is 83.1 Å². The Hall–Kier alpha value is 0. The topological polar surface area (TPSA) is 0 Å². The van der Waals surface area contributed by atoms with Gasteiger partial charge in [-0.05, 0) is 54.8 Å². The molecule has 2 aliphatic carbocycles. The zero-order valence-electron chi connectivity index (χ0n) is 9.59. The highest BCUT2D eigenvalue weighted by Crippen LogP contribution is 2.52. The maximum Gasteiger partial charge on any atom is -0.0352 e. The van der Waals surface area contributed by atoms with E-state index >= 15 is 0 Å². The fourth-order valence-corrected chi connectivity index (χ4v) is 4.04. The van der Waals surface area contributed by atoms with Gasteiger partial charge in [0.1, 0.15) is 0 Å². The molecule has 13 heavy (non-hydrogen) atoms. The van der Waals surface area contributed by atoms with Gasteiger partial charge in [-0.3, -0.25) is 0 Å². The van der Waals surface area contributed by atoms with E-state index in [-0.39, 0.29) is 0 Å². The molecule has 6 unspecified atom stereocenters. The van der Waals surface area contributed by atoms with E-state index in [1.54, 1.807) is 0 Å². The Morgan fingerprint density at radius 3 is 2.08 bits per heavy atom. The summed E-state index contributed by atoms with van der Waals surface area (Å²) in [5.41, 5.74) is 0. The quantitative estimate of drug-likeness (QED) is 0.529. The van der Waals surface area contributed by atoms with Crippen molar-refractivity contribution in [3.05, 3.63) is 0 Å². The van der Waals surface area contributed by atoms with Crippen LogP contribution in [0.5, 0.6) is 0 Å². The van der Waals surface area contributed by atoms with Crippen LogP contribution in [0.1, 0.15) is 47.0 Å². The van der Waals surface area contributed by atoms with Crippen molar-refractivity contribution in [2.24, 2.45) is 35.5 Å². The molecule has 0 radical (unpaired) electrons. The normalized spacial score (nSPS) is 56.3. The molecule has 0 N–H and O–H groups in total. The molecule has 0 nitrogen and oxygen atoms in total. The van der Waals surface area contributed by atoms with Crippen molar-refractivity contribution >= 4 is 0 Å². The molecule has 2 saturated carbocycles. The molecular formula is C13H24. The van der Waals surface area contributed by atoms with Gasteiger partial charge < -0.3 is 0 Å². The van der Waals surface area contributed by atoms with E-state index in [1.807, 2.05) is 0 Å². The molecule has 2 fully saturated rings. The summed E-state index contributed by atoms with van der Waals surface area (Å²) in [5.74, 6) is 6.11. The maximum absolute atomic E-state index is 2.49. The largest absolute Gasteiger partial charge is 0.0625 e. The highest BCUT2D eigenvalue weighted by atomic mass is 14.5. The molecule has 0 heteroatoms. The Balaban J connectivity index is 2.12. The lowest BCUT2D eigenvalue weighted by molar-refractivity contribution is 0.128. The molecule has 0 aromatic rings. The van der Waals surface area contributed by atoms with Crippen molar-refractivity contribution < 1.29 is 0 Å². The van der Waals surface area contributed by atoms with Gasteiger partial charge >= 0.3 is 0 Å². The summed E-state index contributed by atoms with van der Waals surface area (Å²) in [6, 6.07) is 0. The minimum absolute atomic E-state index is 0.989. The van der Waals surface area contributed by atoms with Crippen LogP contribution in [0.15, 0.2) is 0 Å². The van der Waals surface area contributed by atoms with Gasteiger partial charge in [0.05, 0.1) is 0 Å². The Morgan fingerprint density at radius 2 is 1.38 bits per heavy atom. The first kappa shape index (κ1) is 9.55. The van der Waals surface area contributed by atoms with Gasteiger partial charge in [-0.1, -0.05) is 27.7 Å². The zero-order valence-corrected chi connectivity index (χ0v) is 9.59. The van der Waals surface area contributed by atoms with Crippen LogP contribution in [-0.4, -0.2) is 0 Å². The van der Waals surface area contributed by atoms with Gasteiger partial charge in [-0.25, -0.2) is 0 Å². The van der Waals surface area contributed by atoms with E-state index in [4.69, 9.17) is 0 Å². The Bertz CT molecular complexity index is 184. The monoisotopic (exact) mass is 180 g/mol. The fourth-order valence-electron chi connectivity index (χ4n) is 4.04. The van der Waals surface area contributed by atoms with Gasteiger partial charge in [0, 0.05) is 0 Å². The third kappa shape index (κ3) is 1.53. The van der Waals surface area contributed by atoms with Crippen molar-refractivity contribution in [2.75, 3.05) is 0 Å². The van der Waals surface area contributed by atoms with Gasteiger partial charge in [-0.2, -0.15) is 0 Å². The average Bonchev–Trinajstić information content (AvgIpc) is 2.32. The molecule has 0 saturated heterocycles. The van der Waals surface area contributed by atoms with Crippen LogP contribution in [0.2, 0.25) is 0 Å². The molecule has 0 aliphatic heterocycles. The summed E-state index contributed by atoms with van der Waals surface area (Å²) in [5, 5.41) is 0. The van der Waals surface area contributed by atoms with Gasteiger partial charge in [-0.15, -0.1) is 0 Å². The maximum atomic E-state index is 2.49. The lowest BCUT2D eigenvalue weighted by atomic mass is 9.69. The first-order chi connectivity index (χ1) is 6.09. The van der Waals surface area contributed by atoms with Crippen LogP contribution in [0, 0.1) is 35.5 Å². The smallest absolute Gasteiger partial charge is 0.0352 e. The van der Waals surface area contributed by atoms with Crippen molar-refractivity contribution in [3.63, 3.8) is 0 Å². The predicted molar refractivity (Wildman–Crippen MR) is 57.5 cm³/mol. The molecule has 2 aliphatic rings. The number of hydrogen-bond donors (Lipinski definition) is 0. The first-order valence-electron chi connectivity index (χ1n) is 6.09. The van der Waals surface area contributed by atoms with Crippen LogP contribution < -0.4 is 0 Å². The predicted octanol–water partition coefficient (Wildman–Crippen LogP) is 3.96. The molecule has 0 aromatic carbocycles. The summed E-state index contributed by atoms with van der Waals surface area (Å²) in [4.78, 5) is 0. The summed E-state index contributed by atoms with van der Waals surface area (Å²) >= 11 is 0. The molecular weight excluding hydrogens is 156 g/mol. The molecule has 76 valence electrons. The van der Waals surface area contributed by atoms with Gasteiger partial charge in [0.25, 0.3) is 0 Å². The fraction of sp³-hybridized carbons (Fsp3) is 1.00. The van der Waals surface area contributed by atoms with Crippen molar-refractivity contribution in [1.82, 2.24) is 0 Å². The molecule has 0 heterocycles. The lowest BCUT2D eigenvalue weighted by Gasteiger charge is -2.37. The third-order valence-electron chi connectivity index (χ3n) is 4.95. The standard InChI is InChI=1S/C13H24/c1-8-5-10(3)12-7-9(2)11(4)13(12)6-8/h8-13H,5-7H2,1-4H3. The lowest BCUT2D eigenvalue weighted by Crippen LogP contribution is -2.28. The van der Waals surface area contributed by atoms with Crippen LogP contribution in [-0.2, 0) is 0 Å². The molecule has 0 aromatic heterocycles.